The predicted molar refractivity (Wildman–Crippen MR) is 71.5 cm³/mol. The van der Waals surface area contributed by atoms with Crippen LogP contribution in [0.3, 0.4) is 0 Å². The lowest BCUT2D eigenvalue weighted by atomic mass is 10.2. The van der Waals surface area contributed by atoms with Gasteiger partial charge in [-0.25, -0.2) is 0 Å². The van der Waals surface area contributed by atoms with Gasteiger partial charge in [0.2, 0.25) is 0 Å². The predicted octanol–water partition coefficient (Wildman–Crippen LogP) is 2.40. The average Bonchev–Trinajstić information content (AvgIpc) is 2.92. The third-order valence-corrected chi connectivity index (χ3v) is 2.73. The molecule has 0 spiro atoms. The molecule has 0 saturated carbocycles. The van der Waals surface area contributed by atoms with Gasteiger partial charge in [-0.15, -0.1) is 0 Å². The largest absolute Gasteiger partial charge is 0.497 e. The highest BCUT2D eigenvalue weighted by molar-refractivity contribution is 5.59. The number of aliphatic hydroxyl groups is 1. The molecule has 0 bridgehead atoms. The number of methoxy groups -OCH3 is 2. The second kappa shape index (κ2) is 6.15. The molecule has 0 aliphatic rings. The third-order valence-electron chi connectivity index (χ3n) is 2.73. The van der Waals surface area contributed by atoms with Crippen LogP contribution in [-0.2, 0) is 13.2 Å². The van der Waals surface area contributed by atoms with Crippen molar-refractivity contribution in [2.24, 2.45) is 0 Å². The van der Waals surface area contributed by atoms with E-state index in [9.17, 15) is 0 Å². The van der Waals surface area contributed by atoms with Gasteiger partial charge in [-0.1, -0.05) is 0 Å². The van der Waals surface area contributed by atoms with Crippen molar-refractivity contribution in [2.75, 3.05) is 19.5 Å². The number of anilines is 1. The van der Waals surface area contributed by atoms with Crippen molar-refractivity contribution in [1.29, 1.82) is 0 Å². The number of aliphatic hydroxyl groups excluding tert-OH is 1. The maximum Gasteiger partial charge on any atom is 0.142 e. The lowest BCUT2D eigenvalue weighted by molar-refractivity contribution is 0.244. The molecule has 5 nitrogen and oxygen atoms in total. The summed E-state index contributed by atoms with van der Waals surface area (Å²) in [4.78, 5) is 0. The molecule has 2 aromatic rings. The quantitative estimate of drug-likeness (QED) is 0.838. The summed E-state index contributed by atoms with van der Waals surface area (Å²) in [5.74, 6) is 2.77. The molecule has 0 unspecified atom stereocenters. The van der Waals surface area contributed by atoms with Crippen LogP contribution in [0.1, 0.15) is 11.5 Å². The molecule has 0 aliphatic carbocycles. The molecule has 0 aliphatic heterocycles. The van der Waals surface area contributed by atoms with E-state index in [1.54, 1.807) is 20.3 Å². The maximum atomic E-state index is 8.94. The highest BCUT2D eigenvalue weighted by Crippen LogP contribution is 2.29. The standard InChI is InChI=1S/C14H17NO4/c1-17-10-5-6-14(18-2)13(7-10)15-8-11-3-4-12(9-16)19-11/h3-7,15-16H,8-9H2,1-2H3. The summed E-state index contributed by atoms with van der Waals surface area (Å²) in [6.07, 6.45) is 0. The normalized spacial score (nSPS) is 10.3. The Morgan fingerprint density at radius 1 is 1.11 bits per heavy atom. The van der Waals surface area contributed by atoms with E-state index in [0.29, 0.717) is 12.3 Å². The zero-order valence-corrected chi connectivity index (χ0v) is 11.0. The second-order valence-electron chi connectivity index (χ2n) is 3.95. The minimum atomic E-state index is -0.0948. The molecule has 2 rings (SSSR count). The molecule has 0 atom stereocenters. The van der Waals surface area contributed by atoms with Crippen molar-refractivity contribution in [3.05, 3.63) is 41.9 Å². The molecule has 2 N–H and O–H groups in total. The van der Waals surface area contributed by atoms with Crippen molar-refractivity contribution in [1.82, 2.24) is 0 Å². The van der Waals surface area contributed by atoms with Gasteiger partial charge in [-0.3, -0.25) is 0 Å². The first-order valence-corrected chi connectivity index (χ1v) is 5.91. The van der Waals surface area contributed by atoms with Gasteiger partial charge >= 0.3 is 0 Å². The van der Waals surface area contributed by atoms with Crippen LogP contribution in [0, 0.1) is 0 Å². The molecular formula is C14H17NO4. The van der Waals surface area contributed by atoms with Crippen LogP contribution >= 0.6 is 0 Å². The SMILES string of the molecule is COc1ccc(OC)c(NCc2ccc(CO)o2)c1. The molecule has 0 fully saturated rings. The fourth-order valence-corrected chi connectivity index (χ4v) is 1.74. The molecule has 1 aromatic carbocycles. The van der Waals surface area contributed by atoms with Crippen LogP contribution in [0.5, 0.6) is 11.5 Å². The van der Waals surface area contributed by atoms with E-state index in [4.69, 9.17) is 19.0 Å². The van der Waals surface area contributed by atoms with E-state index in [2.05, 4.69) is 5.32 Å². The zero-order chi connectivity index (χ0) is 13.7. The van der Waals surface area contributed by atoms with Crippen molar-refractivity contribution < 1.29 is 19.0 Å². The smallest absolute Gasteiger partial charge is 0.142 e. The molecule has 5 heteroatoms. The van der Waals surface area contributed by atoms with E-state index < -0.39 is 0 Å². The lowest BCUT2D eigenvalue weighted by Crippen LogP contribution is -2.01. The van der Waals surface area contributed by atoms with E-state index in [-0.39, 0.29) is 6.61 Å². The van der Waals surface area contributed by atoms with Crippen molar-refractivity contribution in [2.45, 2.75) is 13.2 Å². The van der Waals surface area contributed by atoms with Crippen molar-refractivity contribution in [3.8, 4) is 11.5 Å². The number of benzene rings is 1. The van der Waals surface area contributed by atoms with Crippen molar-refractivity contribution >= 4 is 5.69 Å². The first-order chi connectivity index (χ1) is 9.26. The Balaban J connectivity index is 2.09. The lowest BCUT2D eigenvalue weighted by Gasteiger charge is -2.11. The summed E-state index contributed by atoms with van der Waals surface area (Å²) < 4.78 is 15.8. The minimum absolute atomic E-state index is 0.0948. The van der Waals surface area contributed by atoms with Crippen LogP contribution in [0.2, 0.25) is 0 Å². The van der Waals surface area contributed by atoms with E-state index >= 15 is 0 Å². The molecule has 0 radical (unpaired) electrons. The number of hydrogen-bond donors (Lipinski definition) is 2. The Labute approximate surface area is 111 Å². The molecule has 19 heavy (non-hydrogen) atoms. The summed E-state index contributed by atoms with van der Waals surface area (Å²) in [5.41, 5.74) is 0.823. The first kappa shape index (κ1) is 13.3. The van der Waals surface area contributed by atoms with Crippen LogP contribution in [-0.4, -0.2) is 19.3 Å². The number of ether oxygens (including phenoxy) is 2. The number of hydrogen-bond acceptors (Lipinski definition) is 5. The van der Waals surface area contributed by atoms with Gasteiger partial charge in [-0.05, 0) is 24.3 Å². The Morgan fingerprint density at radius 3 is 2.53 bits per heavy atom. The zero-order valence-electron chi connectivity index (χ0n) is 11.0. The Kier molecular flexibility index (Phi) is 4.30. The number of nitrogens with one attached hydrogen (secondary N) is 1. The minimum Gasteiger partial charge on any atom is -0.497 e. The summed E-state index contributed by atoms with van der Waals surface area (Å²) in [6, 6.07) is 9.10. The van der Waals surface area contributed by atoms with E-state index in [0.717, 1.165) is 22.9 Å². The van der Waals surface area contributed by atoms with Gasteiger partial charge in [-0.2, -0.15) is 0 Å². The number of rotatable bonds is 6. The molecule has 0 amide bonds. The highest BCUT2D eigenvalue weighted by atomic mass is 16.5. The topological polar surface area (TPSA) is 63.9 Å². The Hall–Kier alpha value is -2.14. The van der Waals surface area contributed by atoms with Gasteiger partial charge in [0.15, 0.2) is 0 Å². The van der Waals surface area contributed by atoms with Gasteiger partial charge in [0.05, 0.1) is 26.5 Å². The van der Waals surface area contributed by atoms with Crippen molar-refractivity contribution in [3.63, 3.8) is 0 Å². The summed E-state index contributed by atoms with van der Waals surface area (Å²) >= 11 is 0. The van der Waals surface area contributed by atoms with Gasteiger partial charge in [0, 0.05) is 6.07 Å². The Morgan fingerprint density at radius 2 is 1.89 bits per heavy atom. The highest BCUT2D eigenvalue weighted by Gasteiger charge is 2.06. The fraction of sp³-hybridized carbons (Fsp3) is 0.286. The molecule has 0 saturated heterocycles. The third kappa shape index (κ3) is 3.20. The molecule has 102 valence electrons. The maximum absolute atomic E-state index is 8.94. The monoisotopic (exact) mass is 263 g/mol. The summed E-state index contributed by atoms with van der Waals surface area (Å²) in [6.45, 7) is 0.409. The van der Waals surface area contributed by atoms with Crippen LogP contribution in [0.15, 0.2) is 34.7 Å². The number of furan rings is 1. The van der Waals surface area contributed by atoms with Crippen LogP contribution in [0.25, 0.3) is 0 Å². The molecule has 1 aromatic heterocycles. The fourth-order valence-electron chi connectivity index (χ4n) is 1.74. The average molecular weight is 263 g/mol. The van der Waals surface area contributed by atoms with E-state index in [1.807, 2.05) is 24.3 Å². The van der Waals surface area contributed by atoms with Gasteiger partial charge < -0.3 is 24.3 Å². The summed E-state index contributed by atoms with van der Waals surface area (Å²) in [7, 11) is 3.23. The molecular weight excluding hydrogens is 246 g/mol. The second-order valence-corrected chi connectivity index (χ2v) is 3.95. The van der Waals surface area contributed by atoms with Gasteiger partial charge in [0.25, 0.3) is 0 Å². The Bertz CT molecular complexity index is 536. The van der Waals surface area contributed by atoms with Crippen LogP contribution in [0.4, 0.5) is 5.69 Å². The molecule has 1 heterocycles. The van der Waals surface area contributed by atoms with Crippen LogP contribution < -0.4 is 14.8 Å². The first-order valence-electron chi connectivity index (χ1n) is 5.91. The van der Waals surface area contributed by atoms with Gasteiger partial charge in [0.1, 0.15) is 29.6 Å². The van der Waals surface area contributed by atoms with E-state index in [1.165, 1.54) is 0 Å². The summed E-state index contributed by atoms with van der Waals surface area (Å²) in [5, 5.41) is 12.1.